The van der Waals surface area contributed by atoms with Crippen molar-refractivity contribution in [2.45, 2.75) is 38.1 Å². The zero-order valence-electron chi connectivity index (χ0n) is 12.1. The molecule has 0 heterocycles. The van der Waals surface area contributed by atoms with Crippen LogP contribution in [-0.2, 0) is 6.42 Å². The molecule has 2 aromatic rings. The number of rotatable bonds is 5. The highest BCUT2D eigenvalue weighted by atomic mass is 14.7. The summed E-state index contributed by atoms with van der Waals surface area (Å²) in [6.07, 6.45) is 3.45. The number of nitrogens with two attached hydrogens (primary N) is 1. The maximum atomic E-state index is 6.38. The van der Waals surface area contributed by atoms with Crippen LogP contribution >= 0.6 is 0 Å². The van der Waals surface area contributed by atoms with Gasteiger partial charge in [-0.05, 0) is 49.1 Å². The molecule has 0 amide bonds. The molecule has 0 aromatic heterocycles. The van der Waals surface area contributed by atoms with Gasteiger partial charge < -0.3 is 5.73 Å². The second kappa shape index (κ2) is 5.80. The summed E-state index contributed by atoms with van der Waals surface area (Å²) in [6, 6.07) is 20.0. The summed E-state index contributed by atoms with van der Waals surface area (Å²) in [5.41, 5.74) is 10.6. The lowest BCUT2D eigenvalue weighted by Crippen LogP contribution is -2.23. The van der Waals surface area contributed by atoms with E-state index in [1.165, 1.54) is 23.1 Å². The highest BCUT2D eigenvalue weighted by molar-refractivity contribution is 5.27. The van der Waals surface area contributed by atoms with E-state index in [2.05, 4.69) is 61.5 Å². The predicted octanol–water partition coefficient (Wildman–Crippen LogP) is 4.06. The van der Waals surface area contributed by atoms with E-state index < -0.39 is 0 Å². The Morgan fingerprint density at radius 3 is 2.45 bits per heavy atom. The molecule has 1 heteroatoms. The fourth-order valence-electron chi connectivity index (χ4n) is 3.07. The van der Waals surface area contributed by atoms with E-state index in [4.69, 9.17) is 5.73 Å². The minimum Gasteiger partial charge on any atom is -0.327 e. The maximum Gasteiger partial charge on any atom is 0.00763 e. The first-order chi connectivity index (χ1) is 9.74. The van der Waals surface area contributed by atoms with Gasteiger partial charge in [-0.25, -0.2) is 0 Å². The smallest absolute Gasteiger partial charge is 0.00763 e. The van der Waals surface area contributed by atoms with Crippen molar-refractivity contribution < 1.29 is 0 Å². The molecule has 1 fully saturated rings. The van der Waals surface area contributed by atoms with Crippen molar-refractivity contribution in [3.63, 3.8) is 0 Å². The van der Waals surface area contributed by atoms with E-state index in [0.717, 1.165) is 12.8 Å². The van der Waals surface area contributed by atoms with E-state index in [9.17, 15) is 0 Å². The van der Waals surface area contributed by atoms with E-state index in [1.54, 1.807) is 0 Å². The molecule has 1 aliphatic carbocycles. The molecule has 0 aliphatic heterocycles. The summed E-state index contributed by atoms with van der Waals surface area (Å²) in [7, 11) is 0. The molecule has 3 rings (SSSR count). The first-order valence-corrected chi connectivity index (χ1v) is 7.60. The number of hydrogen-bond donors (Lipinski definition) is 1. The van der Waals surface area contributed by atoms with E-state index in [1.807, 2.05) is 0 Å². The lowest BCUT2D eigenvalue weighted by molar-refractivity contribution is 0.539. The van der Waals surface area contributed by atoms with Crippen LogP contribution in [0.4, 0.5) is 0 Å². The van der Waals surface area contributed by atoms with Gasteiger partial charge in [-0.15, -0.1) is 0 Å². The third-order valence-electron chi connectivity index (χ3n) is 4.50. The SMILES string of the molecule is Cc1ccc(CCC(N)C2CC2c2ccccc2)cc1. The summed E-state index contributed by atoms with van der Waals surface area (Å²) >= 11 is 0. The Kier molecular flexibility index (Phi) is 3.88. The monoisotopic (exact) mass is 265 g/mol. The van der Waals surface area contributed by atoms with Gasteiger partial charge in [0.1, 0.15) is 0 Å². The van der Waals surface area contributed by atoms with Crippen LogP contribution in [-0.4, -0.2) is 6.04 Å². The lowest BCUT2D eigenvalue weighted by Gasteiger charge is -2.11. The van der Waals surface area contributed by atoms with Gasteiger partial charge >= 0.3 is 0 Å². The second-order valence-corrected chi connectivity index (χ2v) is 6.10. The largest absolute Gasteiger partial charge is 0.327 e. The normalized spacial score (nSPS) is 22.5. The van der Waals surface area contributed by atoms with Crippen LogP contribution in [0.5, 0.6) is 0 Å². The molecule has 20 heavy (non-hydrogen) atoms. The zero-order chi connectivity index (χ0) is 13.9. The van der Waals surface area contributed by atoms with Gasteiger partial charge in [-0.3, -0.25) is 0 Å². The van der Waals surface area contributed by atoms with Gasteiger partial charge in [-0.1, -0.05) is 60.2 Å². The standard InChI is InChI=1S/C19H23N/c1-14-7-9-15(10-8-14)11-12-19(20)18-13-17(18)16-5-3-2-4-6-16/h2-10,17-19H,11-13,20H2,1H3. The van der Waals surface area contributed by atoms with E-state index in [-0.39, 0.29) is 0 Å². The third-order valence-corrected chi connectivity index (χ3v) is 4.50. The maximum absolute atomic E-state index is 6.38. The third kappa shape index (κ3) is 3.10. The fourth-order valence-corrected chi connectivity index (χ4v) is 3.07. The van der Waals surface area contributed by atoms with Crippen LogP contribution in [0.25, 0.3) is 0 Å². The molecule has 3 unspecified atom stereocenters. The summed E-state index contributed by atoms with van der Waals surface area (Å²) < 4.78 is 0. The van der Waals surface area contributed by atoms with Crippen LogP contribution in [0.3, 0.4) is 0 Å². The molecule has 1 saturated carbocycles. The summed E-state index contributed by atoms with van der Waals surface area (Å²) in [4.78, 5) is 0. The van der Waals surface area contributed by atoms with Crippen molar-refractivity contribution in [2.75, 3.05) is 0 Å². The fraction of sp³-hybridized carbons (Fsp3) is 0.368. The molecule has 0 bridgehead atoms. The molecular weight excluding hydrogens is 242 g/mol. The van der Waals surface area contributed by atoms with Crippen LogP contribution in [0.1, 0.15) is 35.4 Å². The quantitative estimate of drug-likeness (QED) is 0.867. The highest BCUT2D eigenvalue weighted by Gasteiger charge is 2.41. The van der Waals surface area contributed by atoms with Gasteiger partial charge in [0.2, 0.25) is 0 Å². The Labute approximate surface area is 121 Å². The molecular formula is C19H23N. The molecule has 0 spiro atoms. The minimum absolute atomic E-state index is 0.335. The molecule has 0 saturated heterocycles. The Balaban J connectivity index is 1.51. The first kappa shape index (κ1) is 13.4. The Morgan fingerprint density at radius 2 is 1.75 bits per heavy atom. The van der Waals surface area contributed by atoms with Crippen molar-refractivity contribution in [2.24, 2.45) is 11.7 Å². The van der Waals surface area contributed by atoms with Gasteiger partial charge in [0.05, 0.1) is 0 Å². The van der Waals surface area contributed by atoms with E-state index >= 15 is 0 Å². The summed E-state index contributed by atoms with van der Waals surface area (Å²) in [6.45, 7) is 2.13. The minimum atomic E-state index is 0.335. The van der Waals surface area contributed by atoms with Crippen LogP contribution in [0, 0.1) is 12.8 Å². The Hall–Kier alpha value is -1.60. The Morgan fingerprint density at radius 1 is 1.05 bits per heavy atom. The first-order valence-electron chi connectivity index (χ1n) is 7.60. The van der Waals surface area contributed by atoms with Gasteiger partial charge in [-0.2, -0.15) is 0 Å². The van der Waals surface area contributed by atoms with Crippen molar-refractivity contribution in [3.8, 4) is 0 Å². The van der Waals surface area contributed by atoms with Crippen molar-refractivity contribution in [1.29, 1.82) is 0 Å². The molecule has 3 atom stereocenters. The molecule has 104 valence electrons. The summed E-state index contributed by atoms with van der Waals surface area (Å²) in [5.74, 6) is 1.38. The average Bonchev–Trinajstić information content (AvgIpc) is 3.28. The van der Waals surface area contributed by atoms with Crippen LogP contribution in [0.15, 0.2) is 54.6 Å². The van der Waals surface area contributed by atoms with Crippen LogP contribution < -0.4 is 5.73 Å². The van der Waals surface area contributed by atoms with Gasteiger partial charge in [0.15, 0.2) is 0 Å². The van der Waals surface area contributed by atoms with E-state index in [0.29, 0.717) is 17.9 Å². The van der Waals surface area contributed by atoms with Crippen molar-refractivity contribution in [1.82, 2.24) is 0 Å². The van der Waals surface area contributed by atoms with Crippen molar-refractivity contribution >= 4 is 0 Å². The van der Waals surface area contributed by atoms with Gasteiger partial charge in [0, 0.05) is 6.04 Å². The molecule has 2 N–H and O–H groups in total. The van der Waals surface area contributed by atoms with Gasteiger partial charge in [0.25, 0.3) is 0 Å². The average molecular weight is 265 g/mol. The Bertz CT molecular complexity index is 544. The van der Waals surface area contributed by atoms with Crippen molar-refractivity contribution in [3.05, 3.63) is 71.3 Å². The molecule has 1 nitrogen and oxygen atoms in total. The molecule has 1 aliphatic rings. The number of aryl methyl sites for hydroxylation is 2. The zero-order valence-corrected chi connectivity index (χ0v) is 12.1. The lowest BCUT2D eigenvalue weighted by atomic mass is 9.99. The number of benzene rings is 2. The summed E-state index contributed by atoms with van der Waals surface area (Å²) in [5, 5.41) is 0. The molecule has 2 aromatic carbocycles. The highest BCUT2D eigenvalue weighted by Crippen LogP contribution is 2.49. The second-order valence-electron chi connectivity index (χ2n) is 6.10. The predicted molar refractivity (Wildman–Crippen MR) is 84.8 cm³/mol. The van der Waals surface area contributed by atoms with Crippen LogP contribution in [0.2, 0.25) is 0 Å². The topological polar surface area (TPSA) is 26.0 Å². The molecule has 0 radical (unpaired) electrons. The number of hydrogen-bond acceptors (Lipinski definition) is 1.